The molecule has 1 saturated heterocycles. The van der Waals surface area contributed by atoms with Crippen molar-refractivity contribution < 1.29 is 4.79 Å². The third kappa shape index (κ3) is 5.36. The lowest BCUT2D eigenvalue weighted by Gasteiger charge is -2.26. The maximum absolute atomic E-state index is 13.0. The van der Waals surface area contributed by atoms with Crippen LogP contribution in [0, 0.1) is 0 Å². The molecular weight excluding hydrogens is 398 g/mol. The van der Waals surface area contributed by atoms with Crippen molar-refractivity contribution in [2.24, 2.45) is 0 Å². The molecule has 170 valence electrons. The molecule has 3 heterocycles. The Kier molecular flexibility index (Phi) is 7.53. The molecule has 2 aromatic heterocycles. The SMILES string of the molecule is CCCC(CCC)NC(=O)c1n[nH]c2ccc(-c3cncc(CN4CCCCC4)c3)cc12. The third-order valence-electron chi connectivity index (χ3n) is 6.37. The molecule has 1 aliphatic rings. The van der Waals surface area contributed by atoms with Crippen LogP contribution in [0.2, 0.25) is 0 Å². The highest BCUT2D eigenvalue weighted by atomic mass is 16.2. The molecule has 0 unspecified atom stereocenters. The van der Waals surface area contributed by atoms with Crippen LogP contribution < -0.4 is 5.32 Å². The summed E-state index contributed by atoms with van der Waals surface area (Å²) in [5.41, 5.74) is 4.70. The number of aromatic amines is 1. The molecule has 3 aromatic rings. The van der Waals surface area contributed by atoms with Crippen molar-refractivity contribution in [3.05, 3.63) is 47.9 Å². The van der Waals surface area contributed by atoms with Gasteiger partial charge in [-0.1, -0.05) is 39.2 Å². The van der Waals surface area contributed by atoms with Gasteiger partial charge in [-0.05, 0) is 68.1 Å². The first-order valence-electron chi connectivity index (χ1n) is 12.1. The molecule has 0 radical (unpaired) electrons. The Morgan fingerprint density at radius 3 is 2.59 bits per heavy atom. The van der Waals surface area contributed by atoms with E-state index in [0.29, 0.717) is 5.69 Å². The number of aromatic nitrogens is 3. The standard InChI is InChI=1S/C26H35N5O/c1-3-8-22(9-4-2)28-26(32)25-23-15-20(10-11-24(23)29-30-25)21-14-19(16-27-17-21)18-31-12-6-5-7-13-31/h10-11,14-17,22H,3-9,12-13,18H2,1-2H3,(H,28,32)(H,29,30). The van der Waals surface area contributed by atoms with E-state index in [0.717, 1.165) is 54.3 Å². The molecule has 0 spiro atoms. The lowest BCUT2D eigenvalue weighted by molar-refractivity contribution is 0.0929. The zero-order chi connectivity index (χ0) is 22.3. The molecule has 0 aliphatic carbocycles. The average Bonchev–Trinajstić information content (AvgIpc) is 3.24. The van der Waals surface area contributed by atoms with Gasteiger partial charge in [0.05, 0.1) is 5.52 Å². The number of hydrogen-bond donors (Lipinski definition) is 2. The van der Waals surface area contributed by atoms with E-state index < -0.39 is 0 Å². The van der Waals surface area contributed by atoms with Gasteiger partial charge in [0.15, 0.2) is 5.69 Å². The lowest BCUT2D eigenvalue weighted by Crippen LogP contribution is -2.35. The summed E-state index contributed by atoms with van der Waals surface area (Å²) in [6.07, 6.45) is 11.9. The van der Waals surface area contributed by atoms with Crippen LogP contribution in [0.4, 0.5) is 0 Å². The van der Waals surface area contributed by atoms with Crippen molar-refractivity contribution in [3.8, 4) is 11.1 Å². The van der Waals surface area contributed by atoms with Crippen molar-refractivity contribution >= 4 is 16.8 Å². The Balaban J connectivity index is 1.56. The molecule has 1 amide bonds. The molecule has 32 heavy (non-hydrogen) atoms. The van der Waals surface area contributed by atoms with Crippen molar-refractivity contribution in [1.82, 2.24) is 25.4 Å². The minimum Gasteiger partial charge on any atom is -0.348 e. The molecule has 0 bridgehead atoms. The number of hydrogen-bond acceptors (Lipinski definition) is 4. The summed E-state index contributed by atoms with van der Waals surface area (Å²) in [7, 11) is 0. The molecule has 6 nitrogen and oxygen atoms in total. The number of carbonyl (C=O) groups is 1. The second-order valence-corrected chi connectivity index (χ2v) is 9.00. The fourth-order valence-corrected chi connectivity index (χ4v) is 4.71. The second-order valence-electron chi connectivity index (χ2n) is 9.00. The molecule has 1 fully saturated rings. The predicted octanol–water partition coefficient (Wildman–Crippen LogP) is 5.31. The van der Waals surface area contributed by atoms with Crippen LogP contribution in [-0.2, 0) is 6.54 Å². The normalized spacial score (nSPS) is 14.8. The number of nitrogens with one attached hydrogen (secondary N) is 2. The molecular formula is C26H35N5O. The summed E-state index contributed by atoms with van der Waals surface area (Å²) in [4.78, 5) is 20.0. The summed E-state index contributed by atoms with van der Waals surface area (Å²) >= 11 is 0. The Hall–Kier alpha value is -2.73. The molecule has 1 aliphatic heterocycles. The molecule has 1 aromatic carbocycles. The van der Waals surface area contributed by atoms with E-state index in [-0.39, 0.29) is 11.9 Å². The van der Waals surface area contributed by atoms with Gasteiger partial charge in [0.1, 0.15) is 0 Å². The quantitative estimate of drug-likeness (QED) is 0.480. The van der Waals surface area contributed by atoms with Crippen LogP contribution >= 0.6 is 0 Å². The monoisotopic (exact) mass is 433 g/mol. The van der Waals surface area contributed by atoms with E-state index in [4.69, 9.17) is 0 Å². The van der Waals surface area contributed by atoms with Crippen LogP contribution in [0.15, 0.2) is 36.7 Å². The highest BCUT2D eigenvalue weighted by molar-refractivity contribution is 6.05. The van der Waals surface area contributed by atoms with Crippen molar-refractivity contribution in [3.63, 3.8) is 0 Å². The minimum absolute atomic E-state index is 0.0997. The van der Waals surface area contributed by atoms with E-state index in [2.05, 4.69) is 57.4 Å². The molecule has 6 heteroatoms. The number of H-pyrrole nitrogens is 1. The Bertz CT molecular complexity index is 1030. The van der Waals surface area contributed by atoms with Crippen molar-refractivity contribution in [2.75, 3.05) is 13.1 Å². The molecule has 0 atom stereocenters. The van der Waals surface area contributed by atoms with E-state index in [9.17, 15) is 4.79 Å². The van der Waals surface area contributed by atoms with Gasteiger partial charge in [-0.2, -0.15) is 5.10 Å². The maximum Gasteiger partial charge on any atom is 0.272 e. The van der Waals surface area contributed by atoms with Gasteiger partial charge < -0.3 is 5.32 Å². The number of fused-ring (bicyclic) bond motifs is 1. The third-order valence-corrected chi connectivity index (χ3v) is 6.37. The van der Waals surface area contributed by atoms with Gasteiger partial charge >= 0.3 is 0 Å². The Labute approximate surface area is 190 Å². The number of piperidine rings is 1. The summed E-state index contributed by atoms with van der Waals surface area (Å²) in [5, 5.41) is 11.4. The first-order chi connectivity index (χ1) is 15.7. The number of amides is 1. The Morgan fingerprint density at radius 2 is 1.84 bits per heavy atom. The van der Waals surface area contributed by atoms with Crippen LogP contribution in [0.5, 0.6) is 0 Å². The number of pyridine rings is 1. The lowest BCUT2D eigenvalue weighted by atomic mass is 10.0. The molecule has 0 saturated carbocycles. The zero-order valence-electron chi connectivity index (χ0n) is 19.4. The van der Waals surface area contributed by atoms with Crippen molar-refractivity contribution in [2.45, 2.75) is 71.4 Å². The van der Waals surface area contributed by atoms with E-state index >= 15 is 0 Å². The zero-order valence-corrected chi connectivity index (χ0v) is 19.4. The van der Waals surface area contributed by atoms with Crippen LogP contribution in [0.3, 0.4) is 0 Å². The molecule has 4 rings (SSSR count). The summed E-state index contributed by atoms with van der Waals surface area (Å²) in [6.45, 7) is 7.58. The first kappa shape index (κ1) is 22.5. The van der Waals surface area contributed by atoms with E-state index in [1.54, 1.807) is 0 Å². The summed E-state index contributed by atoms with van der Waals surface area (Å²) in [5.74, 6) is -0.0997. The van der Waals surface area contributed by atoms with Crippen LogP contribution in [0.25, 0.3) is 22.0 Å². The van der Waals surface area contributed by atoms with Gasteiger partial charge in [-0.25, -0.2) is 0 Å². The summed E-state index contributed by atoms with van der Waals surface area (Å²) < 4.78 is 0. The van der Waals surface area contributed by atoms with Crippen molar-refractivity contribution in [1.29, 1.82) is 0 Å². The van der Waals surface area contributed by atoms with E-state index in [1.807, 2.05) is 18.5 Å². The fourth-order valence-electron chi connectivity index (χ4n) is 4.71. The van der Waals surface area contributed by atoms with Gasteiger partial charge in [-0.3, -0.25) is 19.8 Å². The highest BCUT2D eigenvalue weighted by Gasteiger charge is 2.18. The van der Waals surface area contributed by atoms with Gasteiger partial charge in [-0.15, -0.1) is 0 Å². The number of benzene rings is 1. The first-order valence-corrected chi connectivity index (χ1v) is 12.1. The maximum atomic E-state index is 13.0. The fraction of sp³-hybridized carbons (Fsp3) is 0.500. The highest BCUT2D eigenvalue weighted by Crippen LogP contribution is 2.26. The smallest absolute Gasteiger partial charge is 0.272 e. The number of rotatable bonds is 9. The van der Waals surface area contributed by atoms with Crippen LogP contribution in [-0.4, -0.2) is 45.1 Å². The Morgan fingerprint density at radius 1 is 1.06 bits per heavy atom. The number of likely N-dealkylation sites (tertiary alicyclic amines) is 1. The topological polar surface area (TPSA) is 73.9 Å². The summed E-state index contributed by atoms with van der Waals surface area (Å²) in [6, 6.07) is 8.55. The van der Waals surface area contributed by atoms with E-state index in [1.165, 1.54) is 37.9 Å². The predicted molar refractivity (Wildman–Crippen MR) is 130 cm³/mol. The van der Waals surface area contributed by atoms with Gasteiger partial charge in [0.2, 0.25) is 0 Å². The molecule has 2 N–H and O–H groups in total. The second kappa shape index (κ2) is 10.7. The van der Waals surface area contributed by atoms with Gasteiger partial charge in [0.25, 0.3) is 5.91 Å². The largest absolute Gasteiger partial charge is 0.348 e. The van der Waals surface area contributed by atoms with Gasteiger partial charge in [0, 0.05) is 35.9 Å². The number of carbonyl (C=O) groups excluding carboxylic acids is 1. The van der Waals surface area contributed by atoms with Crippen LogP contribution in [0.1, 0.15) is 74.8 Å². The average molecular weight is 434 g/mol. The number of nitrogens with zero attached hydrogens (tertiary/aromatic N) is 3. The minimum atomic E-state index is -0.0997.